The van der Waals surface area contributed by atoms with Crippen LogP contribution in [0.1, 0.15) is 40.3 Å². The third-order valence-corrected chi connectivity index (χ3v) is 4.44. The van der Waals surface area contributed by atoms with Crippen LogP contribution in [0.15, 0.2) is 47.5 Å². The molecule has 0 radical (unpaired) electrons. The predicted molar refractivity (Wildman–Crippen MR) is 107 cm³/mol. The summed E-state index contributed by atoms with van der Waals surface area (Å²) in [4.78, 5) is 28.1. The van der Waals surface area contributed by atoms with Crippen molar-refractivity contribution in [1.29, 1.82) is 5.26 Å². The number of nitrogens with zero attached hydrogens (tertiary/aromatic N) is 3. The molecule has 9 heteroatoms. The van der Waals surface area contributed by atoms with Crippen molar-refractivity contribution in [3.8, 4) is 23.3 Å². The number of nitriles is 1. The van der Waals surface area contributed by atoms with Crippen molar-refractivity contribution in [3.63, 3.8) is 0 Å². The van der Waals surface area contributed by atoms with Gasteiger partial charge in [-0.3, -0.25) is 14.2 Å². The summed E-state index contributed by atoms with van der Waals surface area (Å²) in [6, 6.07) is 10.6. The van der Waals surface area contributed by atoms with E-state index in [1.807, 2.05) is 0 Å². The Hall–Kier alpha value is -4.06. The van der Waals surface area contributed by atoms with Gasteiger partial charge in [-0.05, 0) is 36.8 Å². The Bertz CT molecular complexity index is 1220. The summed E-state index contributed by atoms with van der Waals surface area (Å²) in [5.41, 5.74) is -0.829. The molecule has 1 heterocycles. The number of methoxy groups -OCH3 is 1. The molecule has 0 saturated heterocycles. The molecule has 0 spiro atoms. The summed E-state index contributed by atoms with van der Waals surface area (Å²) in [6.45, 7) is 1.24. The van der Waals surface area contributed by atoms with Crippen LogP contribution in [-0.4, -0.2) is 22.9 Å². The lowest BCUT2D eigenvalue weighted by Crippen LogP contribution is -2.24. The number of aldehydes is 1. The standard InChI is InChI=1S/C22H17F2N3O4/c1-13(23)20-21(31-18-8-15(11-28)7-16(9-25)19(18)24)22(29)27(12-26-20)10-14-3-5-17(30-2)6-4-14/h3-8,11-13H,10H2,1-2H3. The number of carbonyl (C=O) groups is 1. The van der Waals surface area contributed by atoms with E-state index < -0.39 is 34.6 Å². The van der Waals surface area contributed by atoms with Crippen molar-refractivity contribution < 1.29 is 23.0 Å². The number of aromatic nitrogens is 2. The van der Waals surface area contributed by atoms with E-state index in [-0.39, 0.29) is 17.8 Å². The maximum atomic E-state index is 14.6. The molecule has 0 aliphatic carbocycles. The zero-order chi connectivity index (χ0) is 22.5. The minimum Gasteiger partial charge on any atom is -0.497 e. The molecule has 3 aromatic rings. The monoisotopic (exact) mass is 425 g/mol. The van der Waals surface area contributed by atoms with Gasteiger partial charge in [0.25, 0.3) is 5.56 Å². The molecule has 1 unspecified atom stereocenters. The van der Waals surface area contributed by atoms with Gasteiger partial charge in [0.1, 0.15) is 30.0 Å². The fourth-order valence-electron chi connectivity index (χ4n) is 2.86. The summed E-state index contributed by atoms with van der Waals surface area (Å²) >= 11 is 0. The van der Waals surface area contributed by atoms with Crippen molar-refractivity contribution in [3.05, 3.63) is 81.3 Å². The molecule has 0 bridgehead atoms. The Labute approximate surface area is 176 Å². The van der Waals surface area contributed by atoms with Gasteiger partial charge in [-0.25, -0.2) is 13.8 Å². The maximum absolute atomic E-state index is 14.6. The molecular formula is C22H17F2N3O4. The molecule has 1 atom stereocenters. The Morgan fingerprint density at radius 3 is 2.58 bits per heavy atom. The number of alkyl halides is 1. The van der Waals surface area contributed by atoms with Crippen LogP contribution in [0, 0.1) is 17.1 Å². The maximum Gasteiger partial charge on any atom is 0.297 e. The van der Waals surface area contributed by atoms with Crippen LogP contribution in [0.2, 0.25) is 0 Å². The summed E-state index contributed by atoms with van der Waals surface area (Å²) < 4.78 is 40.3. The highest BCUT2D eigenvalue weighted by Crippen LogP contribution is 2.30. The Morgan fingerprint density at radius 1 is 1.29 bits per heavy atom. The third kappa shape index (κ3) is 4.59. The molecular weight excluding hydrogens is 408 g/mol. The SMILES string of the molecule is COc1ccc(Cn2cnc(C(C)F)c(Oc3cc(C=O)cc(C#N)c3F)c2=O)cc1. The minimum atomic E-state index is -1.69. The van der Waals surface area contributed by atoms with Gasteiger partial charge in [-0.2, -0.15) is 5.26 Å². The van der Waals surface area contributed by atoms with E-state index in [0.717, 1.165) is 24.6 Å². The summed E-state index contributed by atoms with van der Waals surface area (Å²) in [5.74, 6) is -1.52. The van der Waals surface area contributed by atoms with Gasteiger partial charge in [-0.15, -0.1) is 0 Å². The molecule has 0 fully saturated rings. The number of hydrogen-bond acceptors (Lipinski definition) is 6. The lowest BCUT2D eigenvalue weighted by Gasteiger charge is -2.14. The van der Waals surface area contributed by atoms with Crippen molar-refractivity contribution in [2.45, 2.75) is 19.6 Å². The van der Waals surface area contributed by atoms with Crippen LogP contribution in [0.5, 0.6) is 17.2 Å². The molecule has 0 saturated carbocycles. The van der Waals surface area contributed by atoms with Crippen molar-refractivity contribution >= 4 is 6.29 Å². The first-order valence-electron chi connectivity index (χ1n) is 9.11. The van der Waals surface area contributed by atoms with E-state index in [4.69, 9.17) is 14.7 Å². The summed E-state index contributed by atoms with van der Waals surface area (Å²) in [6.07, 6.45) is -0.119. The summed E-state index contributed by atoms with van der Waals surface area (Å²) in [7, 11) is 1.53. The third-order valence-electron chi connectivity index (χ3n) is 4.44. The van der Waals surface area contributed by atoms with Gasteiger partial charge in [0, 0.05) is 5.56 Å². The molecule has 0 aliphatic heterocycles. The number of carbonyl (C=O) groups excluding carboxylic acids is 1. The van der Waals surface area contributed by atoms with E-state index in [9.17, 15) is 18.4 Å². The van der Waals surface area contributed by atoms with Crippen LogP contribution in [0.25, 0.3) is 0 Å². The molecule has 1 aromatic heterocycles. The zero-order valence-corrected chi connectivity index (χ0v) is 16.6. The first-order chi connectivity index (χ1) is 14.9. The normalized spacial score (nSPS) is 11.5. The van der Waals surface area contributed by atoms with Crippen molar-refractivity contribution in [2.24, 2.45) is 0 Å². The van der Waals surface area contributed by atoms with E-state index in [1.54, 1.807) is 30.3 Å². The minimum absolute atomic E-state index is 0.0368. The zero-order valence-electron chi connectivity index (χ0n) is 16.6. The second-order valence-corrected chi connectivity index (χ2v) is 6.57. The number of halogens is 2. The average Bonchev–Trinajstić information content (AvgIpc) is 2.77. The molecule has 3 rings (SSSR count). The first-order valence-corrected chi connectivity index (χ1v) is 9.11. The first kappa shape index (κ1) is 21.6. The molecule has 0 N–H and O–H groups in total. The van der Waals surface area contributed by atoms with Gasteiger partial charge < -0.3 is 9.47 Å². The van der Waals surface area contributed by atoms with E-state index >= 15 is 0 Å². The molecule has 158 valence electrons. The van der Waals surface area contributed by atoms with Gasteiger partial charge >= 0.3 is 0 Å². The van der Waals surface area contributed by atoms with Gasteiger partial charge in [0.2, 0.25) is 5.75 Å². The van der Waals surface area contributed by atoms with E-state index in [0.29, 0.717) is 12.0 Å². The number of rotatable bonds is 7. The fourth-order valence-corrected chi connectivity index (χ4v) is 2.86. The number of hydrogen-bond donors (Lipinski definition) is 0. The van der Waals surface area contributed by atoms with Gasteiger partial charge in [-0.1, -0.05) is 12.1 Å². The van der Waals surface area contributed by atoms with Gasteiger partial charge in [0.15, 0.2) is 11.6 Å². The van der Waals surface area contributed by atoms with E-state index in [1.165, 1.54) is 18.0 Å². The highest BCUT2D eigenvalue weighted by atomic mass is 19.1. The second-order valence-electron chi connectivity index (χ2n) is 6.57. The second kappa shape index (κ2) is 9.17. The van der Waals surface area contributed by atoms with E-state index in [2.05, 4.69) is 4.98 Å². The lowest BCUT2D eigenvalue weighted by atomic mass is 10.1. The smallest absolute Gasteiger partial charge is 0.297 e. The van der Waals surface area contributed by atoms with Gasteiger partial charge in [0.05, 0.1) is 25.5 Å². The largest absolute Gasteiger partial charge is 0.497 e. The number of ether oxygens (including phenoxy) is 2. The van der Waals surface area contributed by atoms with Crippen molar-refractivity contribution in [1.82, 2.24) is 9.55 Å². The Morgan fingerprint density at radius 2 is 2.00 bits per heavy atom. The molecule has 2 aromatic carbocycles. The highest BCUT2D eigenvalue weighted by Gasteiger charge is 2.22. The average molecular weight is 425 g/mol. The quantitative estimate of drug-likeness (QED) is 0.532. The molecule has 0 amide bonds. The van der Waals surface area contributed by atoms with Crippen LogP contribution < -0.4 is 15.0 Å². The topological polar surface area (TPSA) is 94.2 Å². The molecule has 7 nitrogen and oxygen atoms in total. The fraction of sp³-hybridized carbons (Fsp3) is 0.182. The van der Waals surface area contributed by atoms with Crippen LogP contribution in [0.3, 0.4) is 0 Å². The Kier molecular flexibility index (Phi) is 6.40. The molecule has 0 aliphatic rings. The summed E-state index contributed by atoms with van der Waals surface area (Å²) in [5, 5.41) is 9.06. The predicted octanol–water partition coefficient (Wildman–Crippen LogP) is 3.95. The Balaban J connectivity index is 2.07. The van der Waals surface area contributed by atoms with Crippen LogP contribution >= 0.6 is 0 Å². The van der Waals surface area contributed by atoms with Crippen LogP contribution in [-0.2, 0) is 6.54 Å². The lowest BCUT2D eigenvalue weighted by molar-refractivity contribution is 0.112. The number of benzene rings is 2. The van der Waals surface area contributed by atoms with Crippen molar-refractivity contribution in [2.75, 3.05) is 7.11 Å². The highest BCUT2D eigenvalue weighted by molar-refractivity contribution is 5.76. The van der Waals surface area contributed by atoms with Crippen LogP contribution in [0.4, 0.5) is 8.78 Å². The molecule has 31 heavy (non-hydrogen) atoms.